The van der Waals surface area contributed by atoms with Crippen molar-refractivity contribution in [2.75, 3.05) is 13.2 Å². The van der Waals surface area contributed by atoms with Crippen molar-refractivity contribution in [1.82, 2.24) is 4.31 Å². The minimum absolute atomic E-state index is 0.145. The molecule has 1 aromatic carbocycles. The van der Waals surface area contributed by atoms with E-state index in [1.54, 1.807) is 0 Å². The second kappa shape index (κ2) is 8.65. The van der Waals surface area contributed by atoms with Crippen molar-refractivity contribution in [3.05, 3.63) is 34.9 Å². The molecule has 0 aliphatic carbocycles. The van der Waals surface area contributed by atoms with E-state index in [-0.39, 0.29) is 22.7 Å². The monoisotopic (exact) mass is 385 g/mol. The summed E-state index contributed by atoms with van der Waals surface area (Å²) in [5.74, 6) is -0.379. The van der Waals surface area contributed by atoms with Crippen LogP contribution in [-0.2, 0) is 26.9 Å². The van der Waals surface area contributed by atoms with Crippen LogP contribution >= 0.6 is 11.6 Å². The molecule has 3 atom stereocenters. The fraction of sp³-hybridized carbons (Fsp3) is 0.632. The molecule has 0 amide bonds. The summed E-state index contributed by atoms with van der Waals surface area (Å²) in [6.07, 6.45) is 2.40. The highest BCUT2D eigenvalue weighted by atomic mass is 35.5. The lowest BCUT2D eigenvalue weighted by atomic mass is 9.91. The smallest absolute Gasteiger partial charge is 0.310 e. The van der Waals surface area contributed by atoms with Crippen LogP contribution in [0.2, 0.25) is 5.02 Å². The lowest BCUT2D eigenvalue weighted by molar-refractivity contribution is -0.149. The molecule has 6 heteroatoms. The lowest BCUT2D eigenvalue weighted by Crippen LogP contribution is -2.51. The number of carbonyl (C=O) groups is 1. The van der Waals surface area contributed by atoms with Crippen LogP contribution in [-0.4, -0.2) is 38.4 Å². The first-order chi connectivity index (χ1) is 11.7. The van der Waals surface area contributed by atoms with E-state index < -0.39 is 11.0 Å². The van der Waals surface area contributed by atoms with E-state index >= 15 is 0 Å². The standard InChI is InChI=1S/C19H28ClNO3S/c1-5-24-18(22)15-8-11-17(12-14-6-9-16(20)10-7-14)21(13-15)25(23)19(2,3)4/h6-7,9-10,15,17H,5,8,11-13H2,1-4H3. The Kier molecular flexibility index (Phi) is 7.06. The molecule has 0 spiro atoms. The maximum Gasteiger partial charge on any atom is 0.310 e. The molecule has 0 N–H and O–H groups in total. The zero-order chi connectivity index (χ0) is 18.6. The molecule has 1 saturated heterocycles. The normalized spacial score (nSPS) is 23.2. The van der Waals surface area contributed by atoms with Gasteiger partial charge in [-0.2, -0.15) is 0 Å². The number of esters is 1. The number of hydrogen-bond acceptors (Lipinski definition) is 3. The summed E-state index contributed by atoms with van der Waals surface area (Å²) < 4.78 is 19.9. The number of carbonyl (C=O) groups excluding carboxylic acids is 1. The predicted molar refractivity (Wildman–Crippen MR) is 103 cm³/mol. The number of rotatable bonds is 5. The average Bonchev–Trinajstić information content (AvgIpc) is 2.56. The Hall–Kier alpha value is -0.910. The third-order valence-electron chi connectivity index (χ3n) is 4.40. The summed E-state index contributed by atoms with van der Waals surface area (Å²) in [6, 6.07) is 7.93. The SMILES string of the molecule is CCOC(=O)C1CCC(Cc2ccc(Cl)cc2)N(S(=O)C(C)(C)C)C1. The van der Waals surface area contributed by atoms with Crippen LogP contribution in [0.1, 0.15) is 46.1 Å². The van der Waals surface area contributed by atoms with Crippen molar-refractivity contribution >= 4 is 28.6 Å². The molecule has 2 rings (SSSR count). The summed E-state index contributed by atoms with van der Waals surface area (Å²) >= 11 is 5.97. The van der Waals surface area contributed by atoms with E-state index in [2.05, 4.69) is 0 Å². The van der Waals surface area contributed by atoms with Crippen molar-refractivity contribution in [3.8, 4) is 0 Å². The largest absolute Gasteiger partial charge is 0.466 e. The molecule has 0 bridgehead atoms. The Morgan fingerprint density at radius 3 is 2.48 bits per heavy atom. The lowest BCUT2D eigenvalue weighted by Gasteiger charge is -2.40. The molecule has 4 nitrogen and oxygen atoms in total. The van der Waals surface area contributed by atoms with Gasteiger partial charge in [0.1, 0.15) is 0 Å². The van der Waals surface area contributed by atoms with E-state index in [9.17, 15) is 9.00 Å². The minimum atomic E-state index is -1.17. The first kappa shape index (κ1) is 20.4. The molecule has 0 saturated carbocycles. The highest BCUT2D eigenvalue weighted by Crippen LogP contribution is 2.30. The van der Waals surface area contributed by atoms with Gasteiger partial charge >= 0.3 is 5.97 Å². The zero-order valence-electron chi connectivity index (χ0n) is 15.5. The molecule has 0 radical (unpaired) electrons. The first-order valence-electron chi connectivity index (χ1n) is 8.82. The second-order valence-corrected chi connectivity index (χ2v) is 10.1. The van der Waals surface area contributed by atoms with Crippen LogP contribution in [0.25, 0.3) is 0 Å². The van der Waals surface area contributed by atoms with Gasteiger partial charge in [-0.25, -0.2) is 8.51 Å². The summed E-state index contributed by atoms with van der Waals surface area (Å²) in [4.78, 5) is 12.2. The van der Waals surface area contributed by atoms with Gasteiger partial charge in [0.25, 0.3) is 0 Å². The van der Waals surface area contributed by atoms with Gasteiger partial charge in [-0.3, -0.25) is 4.79 Å². The van der Waals surface area contributed by atoms with Crippen molar-refractivity contribution < 1.29 is 13.7 Å². The summed E-state index contributed by atoms with van der Waals surface area (Å²) in [7, 11) is -1.17. The van der Waals surface area contributed by atoms with Crippen LogP contribution < -0.4 is 0 Å². The van der Waals surface area contributed by atoms with Gasteiger partial charge in [0.15, 0.2) is 0 Å². The van der Waals surface area contributed by atoms with Gasteiger partial charge in [-0.1, -0.05) is 23.7 Å². The number of piperidine rings is 1. The molecule has 1 heterocycles. The van der Waals surface area contributed by atoms with Crippen LogP contribution in [0.15, 0.2) is 24.3 Å². The summed E-state index contributed by atoms with van der Waals surface area (Å²) in [5, 5.41) is 0.713. The van der Waals surface area contributed by atoms with E-state index in [1.165, 1.54) is 5.56 Å². The number of benzene rings is 1. The zero-order valence-corrected chi connectivity index (χ0v) is 17.0. The Balaban J connectivity index is 2.17. The van der Waals surface area contributed by atoms with Gasteiger partial charge in [0, 0.05) is 17.6 Å². The number of ether oxygens (including phenoxy) is 1. The Labute approximate surface area is 158 Å². The van der Waals surface area contributed by atoms with Gasteiger partial charge in [0.05, 0.1) is 28.3 Å². The third kappa shape index (κ3) is 5.53. The number of hydrogen-bond donors (Lipinski definition) is 0. The summed E-state index contributed by atoms with van der Waals surface area (Å²) in [6.45, 7) is 8.59. The molecule has 3 unspecified atom stereocenters. The predicted octanol–water partition coefficient (Wildman–Crippen LogP) is 3.99. The molecule has 0 aromatic heterocycles. The fourth-order valence-corrected chi connectivity index (χ4v) is 4.69. The Morgan fingerprint density at radius 1 is 1.28 bits per heavy atom. The first-order valence-corrected chi connectivity index (χ1v) is 10.3. The van der Waals surface area contributed by atoms with Crippen LogP contribution in [0.5, 0.6) is 0 Å². The van der Waals surface area contributed by atoms with Crippen molar-refractivity contribution in [2.24, 2.45) is 5.92 Å². The number of nitrogens with zero attached hydrogens (tertiary/aromatic N) is 1. The summed E-state index contributed by atoms with van der Waals surface area (Å²) in [5.41, 5.74) is 1.17. The van der Waals surface area contributed by atoms with E-state index in [1.807, 2.05) is 56.3 Å². The van der Waals surface area contributed by atoms with E-state index in [0.717, 1.165) is 19.3 Å². The van der Waals surface area contributed by atoms with Crippen LogP contribution in [0.4, 0.5) is 0 Å². The van der Waals surface area contributed by atoms with Gasteiger partial charge in [0.2, 0.25) is 0 Å². The third-order valence-corrected chi connectivity index (χ3v) is 6.57. The van der Waals surface area contributed by atoms with Crippen molar-refractivity contribution in [1.29, 1.82) is 0 Å². The van der Waals surface area contributed by atoms with E-state index in [0.29, 0.717) is 18.2 Å². The quantitative estimate of drug-likeness (QED) is 0.720. The van der Waals surface area contributed by atoms with Crippen molar-refractivity contribution in [2.45, 2.75) is 57.7 Å². The molecule has 25 heavy (non-hydrogen) atoms. The maximum atomic E-state index is 13.1. The van der Waals surface area contributed by atoms with Gasteiger partial charge in [-0.05, 0) is 64.7 Å². The Morgan fingerprint density at radius 2 is 1.92 bits per heavy atom. The highest BCUT2D eigenvalue weighted by Gasteiger charge is 2.39. The topological polar surface area (TPSA) is 46.6 Å². The molecule has 1 aliphatic rings. The molecular formula is C19H28ClNO3S. The molecular weight excluding hydrogens is 358 g/mol. The van der Waals surface area contributed by atoms with Crippen molar-refractivity contribution in [3.63, 3.8) is 0 Å². The number of halogens is 1. The fourth-order valence-electron chi connectivity index (χ4n) is 3.10. The molecule has 1 aliphatic heterocycles. The average molecular weight is 386 g/mol. The van der Waals surface area contributed by atoms with Gasteiger partial charge in [-0.15, -0.1) is 0 Å². The van der Waals surface area contributed by atoms with Crippen LogP contribution in [0, 0.1) is 5.92 Å². The van der Waals surface area contributed by atoms with Crippen LogP contribution in [0.3, 0.4) is 0 Å². The highest BCUT2D eigenvalue weighted by molar-refractivity contribution is 7.84. The Bertz CT molecular complexity index is 612. The molecule has 1 fully saturated rings. The maximum absolute atomic E-state index is 13.1. The minimum Gasteiger partial charge on any atom is -0.466 e. The molecule has 140 valence electrons. The second-order valence-electron chi connectivity index (χ2n) is 7.47. The van der Waals surface area contributed by atoms with Gasteiger partial charge < -0.3 is 4.74 Å². The van der Waals surface area contributed by atoms with E-state index in [4.69, 9.17) is 16.3 Å². The molecule has 1 aromatic rings.